The molecule has 1 heteroatoms. The van der Waals surface area contributed by atoms with Gasteiger partial charge in [0.1, 0.15) is 7.05 Å². The van der Waals surface area contributed by atoms with Crippen LogP contribution in [0.15, 0.2) is 36.5 Å². The Morgan fingerprint density at radius 3 is 2.76 bits per heavy atom. The van der Waals surface area contributed by atoms with E-state index in [1.165, 1.54) is 0 Å². The molecule has 1 aromatic carbocycles. The average molecular weight is 285 g/mol. The molecule has 0 aliphatic heterocycles. The Hall–Kier alpha value is -1.63. The summed E-state index contributed by atoms with van der Waals surface area (Å²) >= 11 is 0. The summed E-state index contributed by atoms with van der Waals surface area (Å²) in [6.07, 6.45) is 3.82. The zero-order chi connectivity index (χ0) is 19.1. The van der Waals surface area contributed by atoms with Crippen molar-refractivity contribution in [2.75, 3.05) is 0 Å². The first-order valence-electron chi connectivity index (χ1n) is 10.2. The number of nitrogens with zero attached hydrogens (tertiary/aromatic N) is 1. The van der Waals surface area contributed by atoms with Crippen LogP contribution in [-0.4, -0.2) is 0 Å². The van der Waals surface area contributed by atoms with E-state index >= 15 is 0 Å². The van der Waals surface area contributed by atoms with Crippen LogP contribution in [0.1, 0.15) is 49.2 Å². The fraction of sp³-hybridized carbons (Fsp3) is 0.450. The standard InChI is InChI=1S/C20H26N/c1-15-12-18(13-17-9-5-6-10-17)20(21(3)14-15)19-11-7-4-8-16(19)2/h4,7-8,11-12,14,17H,5-6,9-10,13H2,1-3H3/q+1/i1D3,13D2. The number of pyridine rings is 1. The largest absolute Gasteiger partial charge is 0.215 e. The quantitative estimate of drug-likeness (QED) is 0.730. The summed E-state index contributed by atoms with van der Waals surface area (Å²) in [4.78, 5) is 0. The van der Waals surface area contributed by atoms with Crippen molar-refractivity contribution >= 4 is 0 Å². The zero-order valence-electron chi connectivity index (χ0n) is 17.8. The van der Waals surface area contributed by atoms with E-state index in [2.05, 4.69) is 0 Å². The number of rotatable bonds is 3. The van der Waals surface area contributed by atoms with Crippen LogP contribution < -0.4 is 4.57 Å². The van der Waals surface area contributed by atoms with Crippen LogP contribution in [0.2, 0.25) is 0 Å². The van der Waals surface area contributed by atoms with Crippen molar-refractivity contribution in [3.05, 3.63) is 53.2 Å². The topological polar surface area (TPSA) is 3.88 Å². The minimum Gasteiger partial charge on any atom is -0.201 e. The summed E-state index contributed by atoms with van der Waals surface area (Å²) in [6.45, 7) is -0.259. The van der Waals surface area contributed by atoms with Gasteiger partial charge in [-0.25, -0.2) is 4.57 Å². The lowest BCUT2D eigenvalue weighted by Gasteiger charge is -2.14. The number of benzene rings is 1. The van der Waals surface area contributed by atoms with Crippen LogP contribution >= 0.6 is 0 Å². The summed E-state index contributed by atoms with van der Waals surface area (Å²) in [7, 11) is 1.81. The third-order valence-electron chi connectivity index (χ3n) is 4.36. The summed E-state index contributed by atoms with van der Waals surface area (Å²) in [6, 6.07) is 9.46. The molecule has 1 aromatic heterocycles. The smallest absolute Gasteiger partial charge is 0.201 e. The Morgan fingerprint density at radius 1 is 1.29 bits per heavy atom. The van der Waals surface area contributed by atoms with E-state index in [4.69, 9.17) is 6.85 Å². The molecule has 0 spiro atoms. The molecule has 0 saturated heterocycles. The zero-order valence-corrected chi connectivity index (χ0v) is 12.8. The Morgan fingerprint density at radius 2 is 2.05 bits per heavy atom. The number of aromatic nitrogens is 1. The van der Waals surface area contributed by atoms with Gasteiger partial charge in [-0.05, 0) is 43.8 Å². The van der Waals surface area contributed by atoms with Crippen molar-refractivity contribution < 1.29 is 11.4 Å². The molecule has 0 radical (unpaired) electrons. The highest BCUT2D eigenvalue weighted by molar-refractivity contribution is 5.64. The molecule has 110 valence electrons. The van der Waals surface area contributed by atoms with Gasteiger partial charge in [0.25, 0.3) is 0 Å². The van der Waals surface area contributed by atoms with Gasteiger partial charge in [0.15, 0.2) is 6.20 Å². The monoisotopic (exact) mass is 285 g/mol. The molecule has 1 heterocycles. The minimum atomic E-state index is -2.26. The molecule has 2 aromatic rings. The van der Waals surface area contributed by atoms with Crippen molar-refractivity contribution in [2.45, 2.75) is 45.8 Å². The molecule has 1 fully saturated rings. The Labute approximate surface area is 135 Å². The predicted molar refractivity (Wildman–Crippen MR) is 88.2 cm³/mol. The normalized spacial score (nSPS) is 20.4. The maximum atomic E-state index is 8.89. The van der Waals surface area contributed by atoms with E-state index in [9.17, 15) is 0 Å². The molecule has 0 unspecified atom stereocenters. The predicted octanol–water partition coefficient (Wildman–Crippen LogP) is 4.53. The summed E-state index contributed by atoms with van der Waals surface area (Å²) < 4.78 is 43.0. The number of hydrogen-bond acceptors (Lipinski definition) is 0. The van der Waals surface area contributed by atoms with Crippen molar-refractivity contribution in [3.8, 4) is 11.3 Å². The molecule has 1 aliphatic rings. The summed E-state index contributed by atoms with van der Waals surface area (Å²) in [5, 5.41) is 0. The van der Waals surface area contributed by atoms with Crippen LogP contribution in [0.4, 0.5) is 0 Å². The van der Waals surface area contributed by atoms with Gasteiger partial charge < -0.3 is 0 Å². The Balaban J connectivity index is 2.28. The maximum Gasteiger partial charge on any atom is 0.215 e. The molecule has 21 heavy (non-hydrogen) atoms. The van der Waals surface area contributed by atoms with E-state index in [0.29, 0.717) is 5.56 Å². The summed E-state index contributed by atoms with van der Waals surface area (Å²) in [5.41, 5.74) is 3.45. The molecule has 3 rings (SSSR count). The van der Waals surface area contributed by atoms with Crippen molar-refractivity contribution in [3.63, 3.8) is 0 Å². The highest BCUT2D eigenvalue weighted by atomic mass is 14.9. The summed E-state index contributed by atoms with van der Waals surface area (Å²) in [5.74, 6) is -0.0721. The second-order valence-corrected chi connectivity index (χ2v) is 6.04. The molecular formula is C20H26N+. The number of hydrogen-bond donors (Lipinski definition) is 0. The van der Waals surface area contributed by atoms with Gasteiger partial charge in [-0.3, -0.25) is 0 Å². The van der Waals surface area contributed by atoms with E-state index in [1.807, 2.05) is 38.2 Å². The second kappa shape index (κ2) is 6.01. The van der Waals surface area contributed by atoms with E-state index in [-0.39, 0.29) is 11.5 Å². The third-order valence-corrected chi connectivity index (χ3v) is 4.36. The molecule has 1 saturated carbocycles. The fourth-order valence-electron chi connectivity index (χ4n) is 3.30. The second-order valence-electron chi connectivity index (χ2n) is 6.04. The van der Waals surface area contributed by atoms with Gasteiger partial charge >= 0.3 is 0 Å². The lowest BCUT2D eigenvalue weighted by atomic mass is 9.92. The van der Waals surface area contributed by atoms with Crippen molar-refractivity contribution in [1.29, 1.82) is 0 Å². The molecule has 0 N–H and O–H groups in total. The average Bonchev–Trinajstić information content (AvgIpc) is 3.09. The first-order chi connectivity index (χ1) is 12.1. The van der Waals surface area contributed by atoms with Crippen LogP contribution in [-0.2, 0) is 13.4 Å². The molecule has 0 amide bonds. The minimum absolute atomic E-state index is 0.0721. The lowest BCUT2D eigenvalue weighted by molar-refractivity contribution is -0.661. The van der Waals surface area contributed by atoms with Crippen LogP contribution in [0.3, 0.4) is 0 Å². The lowest BCUT2D eigenvalue weighted by Crippen LogP contribution is -2.33. The highest BCUT2D eigenvalue weighted by Crippen LogP contribution is 2.32. The van der Waals surface area contributed by atoms with Gasteiger partial charge in [0.05, 0.1) is 0 Å². The molecule has 1 aliphatic carbocycles. The maximum absolute atomic E-state index is 8.89. The third kappa shape index (κ3) is 3.02. The van der Waals surface area contributed by atoms with Gasteiger partial charge in [-0.15, -0.1) is 0 Å². The van der Waals surface area contributed by atoms with Crippen molar-refractivity contribution in [1.82, 2.24) is 0 Å². The Bertz CT molecular complexity index is 804. The van der Waals surface area contributed by atoms with Gasteiger partial charge in [0.2, 0.25) is 5.69 Å². The molecule has 0 bridgehead atoms. The molecular weight excluding hydrogens is 254 g/mol. The van der Waals surface area contributed by atoms with Crippen LogP contribution in [0.5, 0.6) is 0 Å². The first kappa shape index (κ1) is 9.40. The molecule has 0 atom stereocenters. The fourth-order valence-corrected chi connectivity index (χ4v) is 3.30. The van der Waals surface area contributed by atoms with Crippen molar-refractivity contribution in [2.24, 2.45) is 13.0 Å². The van der Waals surface area contributed by atoms with E-state index in [1.54, 1.807) is 16.8 Å². The van der Waals surface area contributed by atoms with E-state index in [0.717, 1.165) is 42.5 Å². The molecule has 1 nitrogen and oxygen atoms in total. The first-order valence-corrected chi connectivity index (χ1v) is 7.73. The van der Waals surface area contributed by atoms with Gasteiger partial charge in [-0.2, -0.15) is 0 Å². The van der Waals surface area contributed by atoms with Gasteiger partial charge in [-0.1, -0.05) is 43.9 Å². The van der Waals surface area contributed by atoms with Crippen LogP contribution in [0.25, 0.3) is 11.3 Å². The number of aryl methyl sites for hydroxylation is 3. The van der Waals surface area contributed by atoms with Gasteiger partial charge in [0, 0.05) is 23.5 Å². The Kier molecular flexibility index (Phi) is 2.69. The SMILES string of the molecule is [2H]C([2H])([2H])c1cc(C([2H])([2H])C2CCCC2)c(-c2ccccc2C)[n+](C)c1. The van der Waals surface area contributed by atoms with E-state index < -0.39 is 13.2 Å². The van der Waals surface area contributed by atoms with Crippen LogP contribution in [0, 0.1) is 19.7 Å². The highest BCUT2D eigenvalue weighted by Gasteiger charge is 2.23.